The monoisotopic (exact) mass is 263 g/mol. The number of benzene rings is 2. The number of hydrogen-bond donors (Lipinski definition) is 1. The first-order valence-corrected chi connectivity index (χ1v) is 7.20. The van der Waals surface area contributed by atoms with Gasteiger partial charge in [0.15, 0.2) is 0 Å². The summed E-state index contributed by atoms with van der Waals surface area (Å²) >= 11 is 0. The van der Waals surface area contributed by atoms with E-state index in [1.165, 1.54) is 17.6 Å². The molecule has 1 aliphatic heterocycles. The zero-order valence-corrected chi connectivity index (χ0v) is 11.3. The van der Waals surface area contributed by atoms with E-state index in [-0.39, 0.29) is 0 Å². The Morgan fingerprint density at radius 1 is 1.00 bits per heavy atom. The van der Waals surface area contributed by atoms with Gasteiger partial charge in [-0.25, -0.2) is 4.98 Å². The van der Waals surface area contributed by atoms with E-state index >= 15 is 0 Å². The highest BCUT2D eigenvalue weighted by Gasteiger charge is 2.23. The zero-order valence-electron chi connectivity index (χ0n) is 11.3. The number of para-hydroxylation sites is 3. The normalized spacial score (nSPS) is 18.7. The fraction of sp³-hybridized carbons (Fsp3) is 0.235. The first-order chi connectivity index (χ1) is 9.93. The topological polar surface area (TPSA) is 29.9 Å². The van der Waals surface area contributed by atoms with Gasteiger partial charge in [-0.3, -0.25) is 4.57 Å². The third-order valence-electron chi connectivity index (χ3n) is 3.97. The summed E-state index contributed by atoms with van der Waals surface area (Å²) in [6.07, 6.45) is 2.39. The van der Waals surface area contributed by atoms with Crippen molar-refractivity contribution in [2.45, 2.75) is 18.9 Å². The number of nitrogens with one attached hydrogen (secondary N) is 1. The molecule has 20 heavy (non-hydrogen) atoms. The summed E-state index contributed by atoms with van der Waals surface area (Å²) in [6, 6.07) is 19.2. The number of rotatable bonds is 2. The number of aromatic nitrogens is 2. The minimum Gasteiger partial charge on any atom is -0.307 e. The summed E-state index contributed by atoms with van der Waals surface area (Å²) in [5.74, 6) is 1.13. The molecule has 4 rings (SSSR count). The van der Waals surface area contributed by atoms with Crippen LogP contribution in [0.15, 0.2) is 54.6 Å². The molecular formula is C17H17N3. The van der Waals surface area contributed by atoms with Crippen LogP contribution in [0.4, 0.5) is 0 Å². The van der Waals surface area contributed by atoms with E-state index in [1.807, 2.05) is 0 Å². The van der Waals surface area contributed by atoms with Crippen LogP contribution in [-0.4, -0.2) is 16.1 Å². The van der Waals surface area contributed by atoms with Crippen LogP contribution in [0.2, 0.25) is 0 Å². The molecule has 1 atom stereocenters. The first-order valence-electron chi connectivity index (χ1n) is 7.20. The second-order valence-electron chi connectivity index (χ2n) is 5.28. The summed E-state index contributed by atoms with van der Waals surface area (Å²) in [4.78, 5) is 4.87. The maximum atomic E-state index is 4.87. The Morgan fingerprint density at radius 2 is 1.80 bits per heavy atom. The average Bonchev–Trinajstić information content (AvgIpc) is 3.15. The van der Waals surface area contributed by atoms with Gasteiger partial charge in [-0.1, -0.05) is 30.3 Å². The summed E-state index contributed by atoms with van der Waals surface area (Å²) in [6.45, 7) is 1.09. The standard InChI is InChI=1S/C17H17N3/c1-2-7-13(8-3-1)20-16-11-5-4-9-14(16)19-17(20)15-10-6-12-18-15/h1-5,7-9,11,15,18H,6,10,12H2. The van der Waals surface area contributed by atoms with Gasteiger partial charge in [0.1, 0.15) is 5.82 Å². The minimum atomic E-state index is 0.364. The zero-order chi connectivity index (χ0) is 13.4. The van der Waals surface area contributed by atoms with Crippen molar-refractivity contribution in [1.82, 2.24) is 14.9 Å². The summed E-state index contributed by atoms with van der Waals surface area (Å²) in [7, 11) is 0. The highest BCUT2D eigenvalue weighted by atomic mass is 15.1. The van der Waals surface area contributed by atoms with Crippen molar-refractivity contribution in [1.29, 1.82) is 0 Å². The second-order valence-corrected chi connectivity index (χ2v) is 5.28. The highest BCUT2D eigenvalue weighted by Crippen LogP contribution is 2.29. The molecule has 1 fully saturated rings. The van der Waals surface area contributed by atoms with Gasteiger partial charge in [0.25, 0.3) is 0 Å². The van der Waals surface area contributed by atoms with Gasteiger partial charge in [-0.05, 0) is 43.7 Å². The third-order valence-corrected chi connectivity index (χ3v) is 3.97. The molecule has 3 nitrogen and oxygen atoms in total. The molecule has 0 aliphatic carbocycles. The molecule has 3 aromatic rings. The van der Waals surface area contributed by atoms with Crippen LogP contribution in [0, 0.1) is 0 Å². The van der Waals surface area contributed by atoms with E-state index in [9.17, 15) is 0 Å². The lowest BCUT2D eigenvalue weighted by Gasteiger charge is -2.14. The Kier molecular flexibility index (Phi) is 2.78. The lowest BCUT2D eigenvalue weighted by Crippen LogP contribution is -2.17. The lowest BCUT2D eigenvalue weighted by atomic mass is 10.2. The Labute approximate surface area is 118 Å². The van der Waals surface area contributed by atoms with Gasteiger partial charge in [-0.2, -0.15) is 0 Å². The Morgan fingerprint density at radius 3 is 2.60 bits per heavy atom. The molecule has 1 N–H and O–H groups in total. The Bertz CT molecular complexity index is 724. The van der Waals surface area contributed by atoms with Gasteiger partial charge in [-0.15, -0.1) is 0 Å². The van der Waals surface area contributed by atoms with Gasteiger partial charge >= 0.3 is 0 Å². The van der Waals surface area contributed by atoms with Crippen LogP contribution in [0.1, 0.15) is 24.7 Å². The molecule has 1 aliphatic rings. The fourth-order valence-corrected chi connectivity index (χ4v) is 3.03. The average molecular weight is 263 g/mol. The van der Waals surface area contributed by atoms with E-state index in [2.05, 4.69) is 64.5 Å². The number of nitrogens with zero attached hydrogens (tertiary/aromatic N) is 2. The number of hydrogen-bond acceptors (Lipinski definition) is 2. The van der Waals surface area contributed by atoms with Crippen molar-refractivity contribution in [2.75, 3.05) is 6.54 Å². The molecule has 2 aromatic carbocycles. The molecule has 0 spiro atoms. The van der Waals surface area contributed by atoms with Crippen LogP contribution in [0.25, 0.3) is 16.7 Å². The van der Waals surface area contributed by atoms with Crippen molar-refractivity contribution in [3.63, 3.8) is 0 Å². The number of fused-ring (bicyclic) bond motifs is 1. The fourth-order valence-electron chi connectivity index (χ4n) is 3.03. The van der Waals surface area contributed by atoms with Crippen molar-refractivity contribution in [3.05, 3.63) is 60.4 Å². The van der Waals surface area contributed by atoms with Crippen molar-refractivity contribution in [3.8, 4) is 5.69 Å². The summed E-state index contributed by atoms with van der Waals surface area (Å²) in [5.41, 5.74) is 3.44. The third kappa shape index (κ3) is 1.82. The predicted octanol–water partition coefficient (Wildman–Crippen LogP) is 3.45. The predicted molar refractivity (Wildman–Crippen MR) is 81.0 cm³/mol. The van der Waals surface area contributed by atoms with E-state index in [4.69, 9.17) is 4.98 Å². The molecule has 0 radical (unpaired) electrons. The lowest BCUT2D eigenvalue weighted by molar-refractivity contribution is 0.598. The van der Waals surface area contributed by atoms with E-state index in [0.717, 1.165) is 24.3 Å². The Balaban J connectivity index is 1.98. The van der Waals surface area contributed by atoms with Gasteiger partial charge in [0, 0.05) is 5.69 Å². The molecule has 0 amide bonds. The van der Waals surface area contributed by atoms with Crippen molar-refractivity contribution < 1.29 is 0 Å². The molecule has 0 bridgehead atoms. The van der Waals surface area contributed by atoms with Gasteiger partial charge in [0.05, 0.1) is 17.1 Å². The maximum absolute atomic E-state index is 4.87. The molecule has 1 unspecified atom stereocenters. The first kappa shape index (κ1) is 11.7. The summed E-state index contributed by atoms with van der Waals surface area (Å²) in [5, 5.41) is 3.56. The molecule has 1 aromatic heterocycles. The van der Waals surface area contributed by atoms with Gasteiger partial charge in [0.2, 0.25) is 0 Å². The molecule has 1 saturated heterocycles. The Hall–Kier alpha value is -2.13. The smallest absolute Gasteiger partial charge is 0.131 e. The number of imidazole rings is 1. The minimum absolute atomic E-state index is 0.364. The SMILES string of the molecule is c1ccc(-n2c(C3CCCN3)nc3ccccc32)cc1. The largest absolute Gasteiger partial charge is 0.307 e. The van der Waals surface area contributed by atoms with Crippen molar-refractivity contribution in [2.24, 2.45) is 0 Å². The molecule has 0 saturated carbocycles. The highest BCUT2D eigenvalue weighted by molar-refractivity contribution is 5.78. The van der Waals surface area contributed by atoms with Crippen LogP contribution >= 0.6 is 0 Å². The van der Waals surface area contributed by atoms with Crippen molar-refractivity contribution >= 4 is 11.0 Å². The molecule has 3 heteroatoms. The van der Waals surface area contributed by atoms with Crippen LogP contribution in [0.5, 0.6) is 0 Å². The molecule has 100 valence electrons. The molecular weight excluding hydrogens is 246 g/mol. The van der Waals surface area contributed by atoms with Crippen LogP contribution in [-0.2, 0) is 0 Å². The second kappa shape index (κ2) is 4.76. The quantitative estimate of drug-likeness (QED) is 0.767. The van der Waals surface area contributed by atoms with E-state index in [1.54, 1.807) is 0 Å². The molecule has 2 heterocycles. The van der Waals surface area contributed by atoms with Gasteiger partial charge < -0.3 is 5.32 Å². The maximum Gasteiger partial charge on any atom is 0.131 e. The van der Waals surface area contributed by atoms with E-state index < -0.39 is 0 Å². The van der Waals surface area contributed by atoms with Crippen LogP contribution in [0.3, 0.4) is 0 Å². The van der Waals surface area contributed by atoms with E-state index in [0.29, 0.717) is 6.04 Å². The van der Waals surface area contributed by atoms with Crippen LogP contribution < -0.4 is 5.32 Å². The summed E-state index contributed by atoms with van der Waals surface area (Å²) < 4.78 is 2.29.